The summed E-state index contributed by atoms with van der Waals surface area (Å²) in [7, 11) is 0. The van der Waals surface area contributed by atoms with Crippen LogP contribution < -0.4 is 5.32 Å². The van der Waals surface area contributed by atoms with E-state index >= 15 is 0 Å². The van der Waals surface area contributed by atoms with Crippen molar-refractivity contribution in [3.63, 3.8) is 0 Å². The molecule has 1 aromatic carbocycles. The first-order valence-corrected chi connectivity index (χ1v) is 6.64. The summed E-state index contributed by atoms with van der Waals surface area (Å²) >= 11 is 6.04. The maximum absolute atomic E-state index is 6.04. The maximum Gasteiger partial charge on any atom is 0.0408 e. The molecule has 1 N–H and O–H groups in total. The van der Waals surface area contributed by atoms with Crippen molar-refractivity contribution >= 4 is 11.6 Å². The van der Waals surface area contributed by atoms with Gasteiger partial charge in [-0.3, -0.25) is 0 Å². The van der Waals surface area contributed by atoms with Gasteiger partial charge >= 0.3 is 0 Å². The van der Waals surface area contributed by atoms with Crippen molar-refractivity contribution in [3.8, 4) is 0 Å². The molecule has 2 unspecified atom stereocenters. The minimum Gasteiger partial charge on any atom is -0.317 e. The number of rotatable bonds is 3. The molecule has 2 aliphatic rings. The van der Waals surface area contributed by atoms with Crippen LogP contribution in [0.2, 0.25) is 5.02 Å². The van der Waals surface area contributed by atoms with Crippen molar-refractivity contribution in [3.05, 3.63) is 34.3 Å². The van der Waals surface area contributed by atoms with Gasteiger partial charge in [-0.25, -0.2) is 0 Å². The Morgan fingerprint density at radius 1 is 1.50 bits per heavy atom. The Labute approximate surface area is 102 Å². The molecule has 0 bridgehead atoms. The molecule has 1 fully saturated rings. The van der Waals surface area contributed by atoms with Gasteiger partial charge in [0.1, 0.15) is 0 Å². The van der Waals surface area contributed by atoms with Crippen LogP contribution >= 0.6 is 11.6 Å². The third kappa shape index (κ3) is 1.49. The van der Waals surface area contributed by atoms with Crippen molar-refractivity contribution in [2.24, 2.45) is 5.92 Å². The molecule has 0 aromatic heterocycles. The Bertz CT molecular complexity index is 415. The molecule has 1 nitrogen and oxygen atoms in total. The van der Waals surface area contributed by atoms with Gasteiger partial charge in [-0.05, 0) is 61.5 Å². The highest BCUT2D eigenvalue weighted by atomic mass is 35.5. The highest BCUT2D eigenvalue weighted by Gasteiger charge is 2.57. The van der Waals surface area contributed by atoms with E-state index in [1.165, 1.54) is 31.4 Å². The zero-order valence-electron chi connectivity index (χ0n) is 9.72. The van der Waals surface area contributed by atoms with Gasteiger partial charge in [0.2, 0.25) is 0 Å². The second-order valence-corrected chi connectivity index (χ2v) is 5.60. The second-order valence-electron chi connectivity index (χ2n) is 5.17. The number of benzene rings is 1. The highest BCUT2D eigenvalue weighted by molar-refractivity contribution is 6.30. The zero-order chi connectivity index (χ0) is 11.2. The van der Waals surface area contributed by atoms with E-state index in [1.54, 1.807) is 5.56 Å². The summed E-state index contributed by atoms with van der Waals surface area (Å²) in [6.45, 7) is 4.44. The first-order chi connectivity index (χ1) is 7.76. The van der Waals surface area contributed by atoms with Gasteiger partial charge in [0, 0.05) is 10.4 Å². The minimum atomic E-state index is 0.516. The van der Waals surface area contributed by atoms with E-state index in [-0.39, 0.29) is 0 Å². The number of halogens is 1. The zero-order valence-corrected chi connectivity index (χ0v) is 10.5. The molecular formula is C14H18ClN. The van der Waals surface area contributed by atoms with E-state index < -0.39 is 0 Å². The minimum absolute atomic E-state index is 0.516. The van der Waals surface area contributed by atoms with Crippen LogP contribution in [0.25, 0.3) is 0 Å². The summed E-state index contributed by atoms with van der Waals surface area (Å²) in [6, 6.07) is 6.47. The molecule has 0 saturated heterocycles. The van der Waals surface area contributed by atoms with Crippen LogP contribution in [-0.4, -0.2) is 13.1 Å². The monoisotopic (exact) mass is 235 g/mol. The summed E-state index contributed by atoms with van der Waals surface area (Å²) in [5.74, 6) is 0.856. The molecule has 1 spiro atoms. The van der Waals surface area contributed by atoms with Crippen LogP contribution in [0.4, 0.5) is 0 Å². The molecule has 1 saturated carbocycles. The quantitative estimate of drug-likeness (QED) is 0.849. The molecule has 3 rings (SSSR count). The summed E-state index contributed by atoms with van der Waals surface area (Å²) in [6.07, 6.45) is 3.92. The summed E-state index contributed by atoms with van der Waals surface area (Å²) < 4.78 is 0. The molecule has 86 valence electrons. The van der Waals surface area contributed by atoms with E-state index in [0.29, 0.717) is 5.41 Å². The lowest BCUT2D eigenvalue weighted by Crippen LogP contribution is -2.19. The van der Waals surface area contributed by atoms with Crippen molar-refractivity contribution in [1.29, 1.82) is 0 Å². The fourth-order valence-corrected chi connectivity index (χ4v) is 3.54. The van der Waals surface area contributed by atoms with Crippen molar-refractivity contribution in [1.82, 2.24) is 5.32 Å². The van der Waals surface area contributed by atoms with Gasteiger partial charge in [0.25, 0.3) is 0 Å². The van der Waals surface area contributed by atoms with Crippen LogP contribution in [0.15, 0.2) is 18.2 Å². The van der Waals surface area contributed by atoms with Crippen LogP contribution in [0, 0.1) is 5.92 Å². The molecule has 2 aliphatic carbocycles. The molecule has 0 heterocycles. The topological polar surface area (TPSA) is 12.0 Å². The van der Waals surface area contributed by atoms with Crippen molar-refractivity contribution in [2.75, 3.05) is 13.1 Å². The van der Waals surface area contributed by atoms with E-state index in [2.05, 4.69) is 30.4 Å². The maximum atomic E-state index is 6.04. The van der Waals surface area contributed by atoms with Crippen molar-refractivity contribution < 1.29 is 0 Å². The van der Waals surface area contributed by atoms with Crippen LogP contribution in [0.5, 0.6) is 0 Å². The fraction of sp³-hybridized carbons (Fsp3) is 0.571. The summed E-state index contributed by atoms with van der Waals surface area (Å²) in [4.78, 5) is 0. The highest BCUT2D eigenvalue weighted by Crippen LogP contribution is 2.61. The van der Waals surface area contributed by atoms with E-state index in [4.69, 9.17) is 11.6 Å². The number of hydrogen-bond donors (Lipinski definition) is 1. The Kier molecular flexibility index (Phi) is 2.49. The number of nitrogens with one attached hydrogen (secondary N) is 1. The third-order valence-electron chi connectivity index (χ3n) is 4.32. The van der Waals surface area contributed by atoms with Gasteiger partial charge in [-0.15, -0.1) is 0 Å². The number of fused-ring (bicyclic) bond motifs is 2. The molecule has 1 aromatic rings. The predicted octanol–water partition coefficient (Wildman–Crippen LogP) is 3.15. The molecule has 0 radical (unpaired) electrons. The Balaban J connectivity index is 1.83. The average molecular weight is 236 g/mol. The average Bonchev–Trinajstić information content (AvgIpc) is 2.86. The number of aryl methyl sites for hydroxylation is 1. The van der Waals surface area contributed by atoms with Crippen molar-refractivity contribution in [2.45, 2.75) is 31.6 Å². The first-order valence-electron chi connectivity index (χ1n) is 6.26. The molecule has 0 amide bonds. The second kappa shape index (κ2) is 3.75. The largest absolute Gasteiger partial charge is 0.317 e. The SMILES string of the molecule is CCNCC1CC12CCc1cc(Cl)ccc12. The lowest BCUT2D eigenvalue weighted by atomic mass is 9.95. The lowest BCUT2D eigenvalue weighted by molar-refractivity contribution is 0.556. The smallest absolute Gasteiger partial charge is 0.0408 e. The van der Waals surface area contributed by atoms with Crippen LogP contribution in [0.1, 0.15) is 30.9 Å². The fourth-order valence-electron chi connectivity index (χ4n) is 3.35. The molecule has 16 heavy (non-hydrogen) atoms. The Morgan fingerprint density at radius 3 is 3.19 bits per heavy atom. The van der Waals surface area contributed by atoms with E-state index in [0.717, 1.165) is 17.5 Å². The van der Waals surface area contributed by atoms with Gasteiger partial charge < -0.3 is 5.32 Å². The van der Waals surface area contributed by atoms with Gasteiger partial charge in [0.05, 0.1) is 0 Å². The standard InChI is InChI=1S/C14H18ClN/c1-2-16-9-11-8-14(11)6-5-10-7-12(15)3-4-13(10)14/h3-4,7,11,16H,2,5-6,8-9H2,1H3. The Hall–Kier alpha value is -0.530. The van der Waals surface area contributed by atoms with E-state index in [1.807, 2.05) is 0 Å². The molecule has 2 heteroatoms. The third-order valence-corrected chi connectivity index (χ3v) is 4.55. The van der Waals surface area contributed by atoms with Gasteiger partial charge in [-0.2, -0.15) is 0 Å². The van der Waals surface area contributed by atoms with Gasteiger partial charge in [-0.1, -0.05) is 24.6 Å². The van der Waals surface area contributed by atoms with Crippen LogP contribution in [-0.2, 0) is 11.8 Å². The lowest BCUT2D eigenvalue weighted by Gasteiger charge is -2.11. The Morgan fingerprint density at radius 2 is 2.38 bits per heavy atom. The van der Waals surface area contributed by atoms with Crippen LogP contribution in [0.3, 0.4) is 0 Å². The predicted molar refractivity (Wildman–Crippen MR) is 68.1 cm³/mol. The first kappa shape index (κ1) is 10.6. The molecule has 2 atom stereocenters. The molecular weight excluding hydrogens is 218 g/mol. The molecule has 0 aliphatic heterocycles. The van der Waals surface area contributed by atoms with Gasteiger partial charge in [0.15, 0.2) is 0 Å². The summed E-state index contributed by atoms with van der Waals surface area (Å²) in [5, 5.41) is 4.37. The van der Waals surface area contributed by atoms with E-state index in [9.17, 15) is 0 Å². The normalized spacial score (nSPS) is 30.8. The summed E-state index contributed by atoms with van der Waals surface area (Å²) in [5.41, 5.74) is 3.59. The number of hydrogen-bond acceptors (Lipinski definition) is 1.